The van der Waals surface area contributed by atoms with Gasteiger partial charge in [0.05, 0.1) is 5.92 Å². The van der Waals surface area contributed by atoms with Gasteiger partial charge >= 0.3 is 11.9 Å². The van der Waals surface area contributed by atoms with Crippen molar-refractivity contribution < 1.29 is 19.8 Å². The minimum Gasteiger partial charge on any atom is -0.481 e. The summed E-state index contributed by atoms with van der Waals surface area (Å²) < 4.78 is 0. The second-order valence-electron chi connectivity index (χ2n) is 7.39. The van der Waals surface area contributed by atoms with E-state index < -0.39 is 11.9 Å². The number of rotatable bonds is 13. The molecule has 22 heavy (non-hydrogen) atoms. The highest BCUT2D eigenvalue weighted by atomic mass is 16.4. The molecular weight excluding hydrogens is 280 g/mol. The van der Waals surface area contributed by atoms with E-state index in [0.29, 0.717) is 0 Å². The summed E-state index contributed by atoms with van der Waals surface area (Å²) in [5.41, 5.74) is 0.146. The Balaban J connectivity index is 4.10. The van der Waals surface area contributed by atoms with Gasteiger partial charge in [-0.05, 0) is 37.0 Å². The third-order valence-electron chi connectivity index (χ3n) is 4.47. The van der Waals surface area contributed by atoms with Gasteiger partial charge in [-0.3, -0.25) is 9.59 Å². The van der Waals surface area contributed by atoms with Crippen molar-refractivity contribution in [1.29, 1.82) is 0 Å². The maximum Gasteiger partial charge on any atom is 0.306 e. The van der Waals surface area contributed by atoms with Crippen molar-refractivity contribution in [1.82, 2.24) is 0 Å². The van der Waals surface area contributed by atoms with Crippen molar-refractivity contribution in [2.24, 2.45) is 17.3 Å². The van der Waals surface area contributed by atoms with E-state index in [2.05, 4.69) is 20.8 Å². The topological polar surface area (TPSA) is 74.6 Å². The summed E-state index contributed by atoms with van der Waals surface area (Å²) in [4.78, 5) is 21.8. The van der Waals surface area contributed by atoms with Crippen LogP contribution in [0.2, 0.25) is 0 Å². The second-order valence-corrected chi connectivity index (χ2v) is 7.39. The number of unbranched alkanes of at least 4 members (excludes halogenated alkanes) is 3. The molecule has 0 bridgehead atoms. The summed E-state index contributed by atoms with van der Waals surface area (Å²) in [6.45, 7) is 8.52. The molecule has 2 N–H and O–H groups in total. The lowest BCUT2D eigenvalue weighted by atomic mass is 9.74. The number of hydrogen-bond acceptors (Lipinski definition) is 2. The predicted molar refractivity (Wildman–Crippen MR) is 88.9 cm³/mol. The summed E-state index contributed by atoms with van der Waals surface area (Å²) in [6, 6.07) is 0. The number of aliphatic carboxylic acids is 2. The maximum atomic E-state index is 11.4. The first-order valence-corrected chi connectivity index (χ1v) is 8.64. The van der Waals surface area contributed by atoms with Gasteiger partial charge in [-0.2, -0.15) is 0 Å². The standard InChI is InChI=1S/C18H34O4/c1-5-10-15(17(21)22)14(2)13-18(3,4)12-9-7-6-8-11-16(19)20/h14-15H,5-13H2,1-4H3,(H,19,20)(H,21,22). The van der Waals surface area contributed by atoms with E-state index in [0.717, 1.165) is 51.4 Å². The summed E-state index contributed by atoms with van der Waals surface area (Å²) in [7, 11) is 0. The molecule has 4 nitrogen and oxygen atoms in total. The van der Waals surface area contributed by atoms with Gasteiger partial charge in [-0.25, -0.2) is 0 Å². The molecule has 0 aromatic rings. The van der Waals surface area contributed by atoms with Crippen LogP contribution in [0.15, 0.2) is 0 Å². The predicted octanol–water partition coefficient (Wildman–Crippen LogP) is 4.96. The fourth-order valence-electron chi connectivity index (χ4n) is 3.31. The number of carbonyl (C=O) groups is 2. The third kappa shape index (κ3) is 9.80. The summed E-state index contributed by atoms with van der Waals surface area (Å²) >= 11 is 0. The van der Waals surface area contributed by atoms with Crippen LogP contribution in [-0.4, -0.2) is 22.2 Å². The fraction of sp³-hybridized carbons (Fsp3) is 0.889. The molecular formula is C18H34O4. The molecule has 0 aliphatic rings. The molecule has 4 heteroatoms. The first-order chi connectivity index (χ1) is 10.2. The Kier molecular flexibility index (Phi) is 10.1. The van der Waals surface area contributed by atoms with Gasteiger partial charge in [0.2, 0.25) is 0 Å². The molecule has 0 heterocycles. The van der Waals surface area contributed by atoms with Crippen LogP contribution in [0.1, 0.15) is 85.5 Å². The Morgan fingerprint density at radius 1 is 1.05 bits per heavy atom. The number of carboxylic acid groups (broad SMARTS) is 2. The number of hydrogen-bond donors (Lipinski definition) is 2. The molecule has 0 aromatic carbocycles. The molecule has 0 radical (unpaired) electrons. The van der Waals surface area contributed by atoms with Crippen LogP contribution < -0.4 is 0 Å². The molecule has 0 fully saturated rings. The summed E-state index contributed by atoms with van der Waals surface area (Å²) in [5.74, 6) is -1.43. The zero-order valence-corrected chi connectivity index (χ0v) is 14.7. The van der Waals surface area contributed by atoms with E-state index in [4.69, 9.17) is 5.11 Å². The molecule has 2 atom stereocenters. The Morgan fingerprint density at radius 3 is 2.14 bits per heavy atom. The SMILES string of the molecule is CCCC(C(=O)O)C(C)CC(C)(C)CCCCCCC(=O)O. The van der Waals surface area contributed by atoms with Gasteiger partial charge in [0.15, 0.2) is 0 Å². The second kappa shape index (κ2) is 10.6. The van der Waals surface area contributed by atoms with Crippen molar-refractivity contribution in [2.75, 3.05) is 0 Å². The molecule has 0 rings (SSSR count). The molecule has 0 spiro atoms. The average Bonchev–Trinajstić information content (AvgIpc) is 2.38. The van der Waals surface area contributed by atoms with E-state index in [1.165, 1.54) is 0 Å². The Labute approximate surface area is 135 Å². The van der Waals surface area contributed by atoms with Crippen molar-refractivity contribution in [3.05, 3.63) is 0 Å². The van der Waals surface area contributed by atoms with Crippen LogP contribution in [0.25, 0.3) is 0 Å². The van der Waals surface area contributed by atoms with Crippen molar-refractivity contribution in [2.45, 2.75) is 85.5 Å². The highest BCUT2D eigenvalue weighted by molar-refractivity contribution is 5.70. The maximum absolute atomic E-state index is 11.4. The molecule has 0 aliphatic heterocycles. The van der Waals surface area contributed by atoms with Gasteiger partial charge in [0.1, 0.15) is 0 Å². The highest BCUT2D eigenvalue weighted by Gasteiger charge is 2.29. The van der Waals surface area contributed by atoms with Gasteiger partial charge in [0.25, 0.3) is 0 Å². The summed E-state index contributed by atoms with van der Waals surface area (Å²) in [5, 5.41) is 17.9. The monoisotopic (exact) mass is 314 g/mol. The van der Waals surface area contributed by atoms with Gasteiger partial charge in [-0.1, -0.05) is 53.4 Å². The zero-order valence-electron chi connectivity index (χ0n) is 14.7. The lowest BCUT2D eigenvalue weighted by Crippen LogP contribution is -2.26. The minimum atomic E-state index is -0.718. The van der Waals surface area contributed by atoms with Crippen molar-refractivity contribution in [3.63, 3.8) is 0 Å². The van der Waals surface area contributed by atoms with Crippen LogP contribution in [0, 0.1) is 17.3 Å². The summed E-state index contributed by atoms with van der Waals surface area (Å²) in [6.07, 6.45) is 7.79. The van der Waals surface area contributed by atoms with E-state index >= 15 is 0 Å². The Bertz CT molecular complexity index is 336. The van der Waals surface area contributed by atoms with Crippen LogP contribution in [-0.2, 0) is 9.59 Å². The van der Waals surface area contributed by atoms with Gasteiger partial charge in [-0.15, -0.1) is 0 Å². The Hall–Kier alpha value is -1.06. The first kappa shape index (κ1) is 20.9. The first-order valence-electron chi connectivity index (χ1n) is 8.64. The van der Waals surface area contributed by atoms with Crippen LogP contribution in [0.4, 0.5) is 0 Å². The lowest BCUT2D eigenvalue weighted by molar-refractivity contribution is -0.144. The number of carboxylic acids is 2. The van der Waals surface area contributed by atoms with E-state index in [-0.39, 0.29) is 23.7 Å². The van der Waals surface area contributed by atoms with E-state index in [9.17, 15) is 14.7 Å². The van der Waals surface area contributed by atoms with Crippen molar-refractivity contribution >= 4 is 11.9 Å². The zero-order chi connectivity index (χ0) is 17.2. The molecule has 2 unspecified atom stereocenters. The van der Waals surface area contributed by atoms with Crippen molar-refractivity contribution in [3.8, 4) is 0 Å². The van der Waals surface area contributed by atoms with Gasteiger partial charge in [0, 0.05) is 6.42 Å². The quantitative estimate of drug-likeness (QED) is 0.471. The third-order valence-corrected chi connectivity index (χ3v) is 4.47. The van der Waals surface area contributed by atoms with Crippen LogP contribution in [0.5, 0.6) is 0 Å². The smallest absolute Gasteiger partial charge is 0.306 e. The van der Waals surface area contributed by atoms with Gasteiger partial charge < -0.3 is 10.2 Å². The minimum absolute atomic E-state index is 0.146. The molecule has 0 saturated carbocycles. The Morgan fingerprint density at radius 2 is 1.64 bits per heavy atom. The van der Waals surface area contributed by atoms with Crippen LogP contribution >= 0.6 is 0 Å². The highest BCUT2D eigenvalue weighted by Crippen LogP contribution is 2.35. The van der Waals surface area contributed by atoms with Crippen LogP contribution in [0.3, 0.4) is 0 Å². The van der Waals surface area contributed by atoms with E-state index in [1.54, 1.807) is 0 Å². The molecule has 130 valence electrons. The molecule has 0 aliphatic carbocycles. The lowest BCUT2D eigenvalue weighted by Gasteiger charge is -2.31. The largest absolute Gasteiger partial charge is 0.481 e. The molecule has 0 amide bonds. The fourth-order valence-corrected chi connectivity index (χ4v) is 3.31. The van der Waals surface area contributed by atoms with E-state index in [1.807, 2.05) is 6.92 Å². The normalized spacial score (nSPS) is 14.5. The average molecular weight is 314 g/mol. The molecule has 0 aromatic heterocycles. The molecule has 0 saturated heterocycles.